The molecule has 5 nitrogen and oxygen atoms in total. The largest absolute Gasteiger partial charge is 0.435 e. The molecule has 1 amide bonds. The number of rotatable bonds is 5. The molecule has 1 aliphatic heterocycles. The number of aliphatic hydroxyl groups excluding tert-OH is 1. The minimum Gasteiger partial charge on any atom is -0.392 e. The lowest BCUT2D eigenvalue weighted by atomic mass is 10.0. The van der Waals surface area contributed by atoms with E-state index in [-0.39, 0.29) is 17.4 Å². The van der Waals surface area contributed by atoms with Crippen LogP contribution >= 0.6 is 0 Å². The first-order valence-corrected chi connectivity index (χ1v) is 8.89. The van der Waals surface area contributed by atoms with E-state index in [0.717, 1.165) is 18.5 Å². The number of alkyl halides is 3. The third kappa shape index (κ3) is 3.85. The fourth-order valence-corrected chi connectivity index (χ4v) is 3.47. The number of aliphatic hydroxyl groups is 1. The Labute approximate surface area is 155 Å². The van der Waals surface area contributed by atoms with E-state index in [1.807, 2.05) is 0 Å². The van der Waals surface area contributed by atoms with E-state index < -0.39 is 18.5 Å². The summed E-state index contributed by atoms with van der Waals surface area (Å²) in [5.74, 6) is -0.131. The van der Waals surface area contributed by atoms with Crippen LogP contribution in [0.15, 0.2) is 24.3 Å². The SMILES string of the molecule is CC(C)c1c(CO)c(C(F)(F)F)nn1-c1ccc(CN2CCCC2=O)cc1. The first-order valence-electron chi connectivity index (χ1n) is 8.89. The highest BCUT2D eigenvalue weighted by Crippen LogP contribution is 2.36. The van der Waals surface area contributed by atoms with Crippen LogP contribution in [-0.2, 0) is 24.1 Å². The summed E-state index contributed by atoms with van der Waals surface area (Å²) in [6.45, 7) is 4.02. The van der Waals surface area contributed by atoms with E-state index in [1.54, 1.807) is 43.0 Å². The van der Waals surface area contributed by atoms with Crippen molar-refractivity contribution in [2.24, 2.45) is 0 Å². The van der Waals surface area contributed by atoms with E-state index in [9.17, 15) is 23.1 Å². The average molecular weight is 381 g/mol. The third-order valence-corrected chi connectivity index (χ3v) is 4.72. The number of carbonyl (C=O) groups excluding carboxylic acids is 1. The van der Waals surface area contributed by atoms with Crippen molar-refractivity contribution in [1.29, 1.82) is 0 Å². The molecule has 146 valence electrons. The number of hydrogen-bond donors (Lipinski definition) is 1. The Balaban J connectivity index is 1.96. The predicted octanol–water partition coefficient (Wildman–Crippen LogP) is 3.63. The first kappa shape index (κ1) is 19.4. The molecular weight excluding hydrogens is 359 g/mol. The molecule has 0 radical (unpaired) electrons. The molecule has 1 aromatic carbocycles. The van der Waals surface area contributed by atoms with Gasteiger partial charge in [-0.1, -0.05) is 26.0 Å². The third-order valence-electron chi connectivity index (χ3n) is 4.72. The second kappa shape index (κ2) is 7.34. The molecule has 1 aliphatic rings. The summed E-state index contributed by atoms with van der Waals surface area (Å²) in [5, 5.41) is 13.3. The first-order chi connectivity index (χ1) is 12.7. The monoisotopic (exact) mass is 381 g/mol. The molecule has 1 N–H and O–H groups in total. The molecule has 1 fully saturated rings. The summed E-state index contributed by atoms with van der Waals surface area (Å²) < 4.78 is 41.2. The van der Waals surface area contributed by atoms with Crippen molar-refractivity contribution in [3.8, 4) is 5.69 Å². The van der Waals surface area contributed by atoms with Crippen molar-refractivity contribution in [3.63, 3.8) is 0 Å². The molecule has 0 bridgehead atoms. The smallest absolute Gasteiger partial charge is 0.392 e. The number of amides is 1. The summed E-state index contributed by atoms with van der Waals surface area (Å²) in [5.41, 5.74) is 0.489. The standard InChI is InChI=1S/C19H22F3N3O2/c1-12(2)17-15(11-26)18(19(20,21)22)23-25(17)14-7-5-13(6-8-14)10-24-9-3-4-16(24)27/h5-8,12,26H,3-4,9-11H2,1-2H3. The van der Waals surface area contributed by atoms with Crippen LogP contribution in [0.5, 0.6) is 0 Å². The van der Waals surface area contributed by atoms with Gasteiger partial charge < -0.3 is 10.0 Å². The number of carbonyl (C=O) groups is 1. The molecule has 0 saturated carbocycles. The summed E-state index contributed by atoms with van der Waals surface area (Å²) in [4.78, 5) is 13.5. The highest BCUT2D eigenvalue weighted by molar-refractivity contribution is 5.78. The Bertz CT molecular complexity index is 826. The maximum absolute atomic E-state index is 13.3. The molecule has 3 rings (SSSR count). The predicted molar refractivity (Wildman–Crippen MR) is 93.2 cm³/mol. The van der Waals surface area contributed by atoms with Crippen molar-refractivity contribution in [2.45, 2.75) is 51.9 Å². The molecule has 0 aliphatic carbocycles. The minimum atomic E-state index is -4.64. The van der Waals surface area contributed by atoms with Crippen LogP contribution in [0, 0.1) is 0 Å². The summed E-state index contributed by atoms with van der Waals surface area (Å²) in [6, 6.07) is 6.96. The van der Waals surface area contributed by atoms with Gasteiger partial charge in [-0.3, -0.25) is 4.79 Å². The molecule has 2 aromatic rings. The van der Waals surface area contributed by atoms with Gasteiger partial charge in [0.05, 0.1) is 18.0 Å². The van der Waals surface area contributed by atoms with Gasteiger partial charge in [-0.05, 0) is 30.0 Å². The number of likely N-dealkylation sites (tertiary alicyclic amines) is 1. The van der Waals surface area contributed by atoms with Gasteiger partial charge >= 0.3 is 6.18 Å². The fraction of sp³-hybridized carbons (Fsp3) is 0.474. The molecule has 1 saturated heterocycles. The number of halogens is 3. The zero-order valence-corrected chi connectivity index (χ0v) is 15.3. The van der Waals surface area contributed by atoms with Crippen molar-refractivity contribution < 1.29 is 23.1 Å². The van der Waals surface area contributed by atoms with E-state index >= 15 is 0 Å². The zero-order chi connectivity index (χ0) is 19.8. The van der Waals surface area contributed by atoms with Crippen molar-refractivity contribution >= 4 is 5.91 Å². The highest BCUT2D eigenvalue weighted by Gasteiger charge is 2.39. The quantitative estimate of drug-likeness (QED) is 0.861. The van der Waals surface area contributed by atoms with Crippen LogP contribution in [0.1, 0.15) is 55.1 Å². The van der Waals surface area contributed by atoms with Crippen LogP contribution < -0.4 is 0 Å². The summed E-state index contributed by atoms with van der Waals surface area (Å²) in [6.07, 6.45) is -3.22. The Morgan fingerprint density at radius 2 is 1.89 bits per heavy atom. The lowest BCUT2D eigenvalue weighted by molar-refractivity contribution is -0.142. The highest BCUT2D eigenvalue weighted by atomic mass is 19.4. The van der Waals surface area contributed by atoms with Gasteiger partial charge in [0.15, 0.2) is 5.69 Å². The topological polar surface area (TPSA) is 58.4 Å². The lowest BCUT2D eigenvalue weighted by Gasteiger charge is -2.16. The molecule has 8 heteroatoms. The van der Waals surface area contributed by atoms with Crippen LogP contribution in [0.25, 0.3) is 5.69 Å². The number of aromatic nitrogens is 2. The molecular formula is C19H22F3N3O2. The van der Waals surface area contributed by atoms with E-state index in [1.165, 1.54) is 4.68 Å². The van der Waals surface area contributed by atoms with Crippen molar-refractivity contribution in [2.75, 3.05) is 6.54 Å². The van der Waals surface area contributed by atoms with Crippen LogP contribution in [0.3, 0.4) is 0 Å². The normalized spacial score (nSPS) is 15.2. The van der Waals surface area contributed by atoms with Gasteiger partial charge in [-0.15, -0.1) is 0 Å². The second-order valence-corrected chi connectivity index (χ2v) is 7.02. The molecule has 2 heterocycles. The Hall–Kier alpha value is -2.35. The second-order valence-electron chi connectivity index (χ2n) is 7.02. The van der Waals surface area contributed by atoms with Crippen molar-refractivity contribution in [3.05, 3.63) is 46.8 Å². The Morgan fingerprint density at radius 3 is 2.37 bits per heavy atom. The number of nitrogens with zero attached hydrogens (tertiary/aromatic N) is 3. The maximum atomic E-state index is 13.3. The van der Waals surface area contributed by atoms with E-state index in [2.05, 4.69) is 5.10 Å². The van der Waals surface area contributed by atoms with Gasteiger partial charge in [-0.25, -0.2) is 4.68 Å². The summed E-state index contributed by atoms with van der Waals surface area (Å²) >= 11 is 0. The minimum absolute atomic E-state index is 0.121. The van der Waals surface area contributed by atoms with Crippen LogP contribution in [-0.4, -0.2) is 32.2 Å². The zero-order valence-electron chi connectivity index (χ0n) is 15.3. The maximum Gasteiger partial charge on any atom is 0.435 e. The van der Waals surface area contributed by atoms with E-state index in [4.69, 9.17) is 0 Å². The van der Waals surface area contributed by atoms with Crippen molar-refractivity contribution in [1.82, 2.24) is 14.7 Å². The van der Waals surface area contributed by atoms with Crippen LogP contribution in [0.2, 0.25) is 0 Å². The lowest BCUT2D eigenvalue weighted by Crippen LogP contribution is -2.23. The summed E-state index contributed by atoms with van der Waals surface area (Å²) in [7, 11) is 0. The molecule has 0 spiro atoms. The van der Waals surface area contributed by atoms with Gasteiger partial charge in [0.2, 0.25) is 5.91 Å². The van der Waals surface area contributed by atoms with Gasteiger partial charge in [0.25, 0.3) is 0 Å². The fourth-order valence-electron chi connectivity index (χ4n) is 3.47. The van der Waals surface area contributed by atoms with Gasteiger partial charge in [0.1, 0.15) is 0 Å². The van der Waals surface area contributed by atoms with Gasteiger partial charge in [0, 0.05) is 25.1 Å². The number of benzene rings is 1. The molecule has 0 unspecified atom stereocenters. The van der Waals surface area contributed by atoms with E-state index in [0.29, 0.717) is 24.3 Å². The molecule has 27 heavy (non-hydrogen) atoms. The Kier molecular flexibility index (Phi) is 5.28. The molecule has 0 atom stereocenters. The van der Waals surface area contributed by atoms with Crippen LogP contribution in [0.4, 0.5) is 13.2 Å². The average Bonchev–Trinajstić information content (AvgIpc) is 3.19. The molecule has 1 aromatic heterocycles. The Morgan fingerprint density at radius 1 is 1.22 bits per heavy atom. The van der Waals surface area contributed by atoms with Gasteiger partial charge in [-0.2, -0.15) is 18.3 Å². The number of hydrogen-bond acceptors (Lipinski definition) is 3.